The van der Waals surface area contributed by atoms with Crippen molar-refractivity contribution in [2.24, 2.45) is 0 Å². The van der Waals surface area contributed by atoms with Gasteiger partial charge < -0.3 is 4.42 Å². The van der Waals surface area contributed by atoms with Gasteiger partial charge in [-0.2, -0.15) is 9.29 Å². The molecule has 1 aliphatic rings. The Hall–Kier alpha value is -2.53. The van der Waals surface area contributed by atoms with Gasteiger partial charge in [0.15, 0.2) is 0 Å². The zero-order valence-electron chi connectivity index (χ0n) is 17.5. The molecule has 164 valence electrons. The second kappa shape index (κ2) is 8.91. The highest BCUT2D eigenvalue weighted by Gasteiger charge is 2.28. The van der Waals surface area contributed by atoms with Crippen LogP contribution in [0.3, 0.4) is 0 Å². The molecule has 31 heavy (non-hydrogen) atoms. The summed E-state index contributed by atoms with van der Waals surface area (Å²) < 4.78 is 35.0. The summed E-state index contributed by atoms with van der Waals surface area (Å²) in [5.74, 6) is 2.23. The van der Waals surface area contributed by atoms with E-state index in [2.05, 4.69) is 15.0 Å². The van der Waals surface area contributed by atoms with Crippen LogP contribution < -0.4 is 0 Å². The molecule has 0 unspecified atom stereocenters. The number of nitrogens with one attached hydrogen (secondary N) is 1. The van der Waals surface area contributed by atoms with E-state index in [0.29, 0.717) is 48.3 Å². The van der Waals surface area contributed by atoms with E-state index < -0.39 is 10.0 Å². The van der Waals surface area contributed by atoms with Crippen LogP contribution in [-0.2, 0) is 16.7 Å². The average Bonchev–Trinajstić information content (AvgIpc) is 3.32. The van der Waals surface area contributed by atoms with Crippen LogP contribution in [0.1, 0.15) is 22.9 Å². The van der Waals surface area contributed by atoms with Crippen LogP contribution in [0.5, 0.6) is 0 Å². The second-order valence-corrected chi connectivity index (χ2v) is 9.88. The largest absolute Gasteiger partial charge is 0.462 e. The highest BCUT2D eigenvalue weighted by molar-refractivity contribution is 7.89. The van der Waals surface area contributed by atoms with Gasteiger partial charge in [0.05, 0.1) is 11.6 Å². The monoisotopic (exact) mass is 459 g/mol. The number of H-pyrrole nitrogens is 1. The molecule has 1 aliphatic heterocycles. The number of sulfonamides is 1. The van der Waals surface area contributed by atoms with Crippen molar-refractivity contribution in [2.75, 3.05) is 26.2 Å². The Bertz CT molecular complexity index is 1230. The van der Waals surface area contributed by atoms with Gasteiger partial charge in [0.1, 0.15) is 17.3 Å². The van der Waals surface area contributed by atoms with Crippen LogP contribution in [-0.4, -0.2) is 58.6 Å². The Morgan fingerprint density at radius 3 is 2.42 bits per heavy atom. The summed E-state index contributed by atoms with van der Waals surface area (Å²) in [6.45, 7) is 6.45. The van der Waals surface area contributed by atoms with Gasteiger partial charge in [-0.3, -0.25) is 10.00 Å². The van der Waals surface area contributed by atoms with Crippen LogP contribution in [0.4, 0.5) is 0 Å². The number of rotatable bonds is 6. The van der Waals surface area contributed by atoms with Crippen molar-refractivity contribution in [2.45, 2.75) is 25.4 Å². The molecule has 1 saturated heterocycles. The maximum atomic E-state index is 12.9. The summed E-state index contributed by atoms with van der Waals surface area (Å²) in [4.78, 5) is 6.85. The molecule has 2 aromatic heterocycles. The predicted molar refractivity (Wildman–Crippen MR) is 121 cm³/mol. The fraction of sp³-hybridized carbons (Fsp3) is 0.333. The number of furan rings is 1. The molecular formula is C21H25N5O3S2. The lowest BCUT2D eigenvalue weighted by molar-refractivity contribution is 0.145. The molecule has 0 radical (unpaired) electrons. The van der Waals surface area contributed by atoms with Crippen molar-refractivity contribution in [3.8, 4) is 0 Å². The zero-order chi connectivity index (χ0) is 22.0. The van der Waals surface area contributed by atoms with Gasteiger partial charge >= 0.3 is 0 Å². The Labute approximate surface area is 186 Å². The van der Waals surface area contributed by atoms with E-state index >= 15 is 0 Å². The van der Waals surface area contributed by atoms with Crippen LogP contribution in [0, 0.1) is 18.6 Å². The quantitative estimate of drug-likeness (QED) is 0.569. The van der Waals surface area contributed by atoms with E-state index in [1.807, 2.05) is 50.3 Å². The first-order valence-electron chi connectivity index (χ1n) is 10.0. The zero-order valence-corrected chi connectivity index (χ0v) is 19.1. The molecule has 0 bridgehead atoms. The van der Waals surface area contributed by atoms with Gasteiger partial charge in [0, 0.05) is 26.2 Å². The number of benzene rings is 1. The molecular weight excluding hydrogens is 434 g/mol. The van der Waals surface area contributed by atoms with Crippen molar-refractivity contribution in [1.82, 2.24) is 24.0 Å². The lowest BCUT2D eigenvalue weighted by Crippen LogP contribution is -2.48. The predicted octanol–water partition coefficient (Wildman–Crippen LogP) is 3.28. The number of aromatic amines is 1. The van der Waals surface area contributed by atoms with Gasteiger partial charge in [0.2, 0.25) is 14.8 Å². The first-order chi connectivity index (χ1) is 14.8. The van der Waals surface area contributed by atoms with Gasteiger partial charge in [-0.05, 0) is 62.5 Å². The highest BCUT2D eigenvalue weighted by Crippen LogP contribution is 2.18. The SMILES string of the molecule is Cc1ccc(S(=O)(=O)N2CCN(Cn3[nH]c(C=Cc4ccc(C)o4)nc3=S)CC2)cc1. The third kappa shape index (κ3) is 5.04. The molecule has 3 aromatic rings. The summed E-state index contributed by atoms with van der Waals surface area (Å²) in [6.07, 6.45) is 3.65. The fourth-order valence-corrected chi connectivity index (χ4v) is 5.04. The molecule has 8 nitrogen and oxygen atoms in total. The lowest BCUT2D eigenvalue weighted by atomic mass is 10.2. The van der Waals surface area contributed by atoms with Gasteiger partial charge in [0.25, 0.3) is 0 Å². The standard InChI is InChI=1S/C21H25N5O3S2/c1-16-3-8-19(9-4-16)31(27,28)25-13-11-24(12-14-25)15-26-21(30)22-20(23-26)10-7-18-6-5-17(2)29-18/h3-10H,11-15H2,1-2H3,(H,22,23,30). The van der Waals surface area contributed by atoms with E-state index in [1.54, 1.807) is 21.1 Å². The topological polar surface area (TPSA) is 87.4 Å². The smallest absolute Gasteiger partial charge is 0.243 e. The van der Waals surface area contributed by atoms with Gasteiger partial charge in [-0.25, -0.2) is 13.1 Å². The lowest BCUT2D eigenvalue weighted by Gasteiger charge is -2.33. The van der Waals surface area contributed by atoms with E-state index in [0.717, 1.165) is 17.1 Å². The van der Waals surface area contributed by atoms with Crippen LogP contribution in [0.15, 0.2) is 45.7 Å². The van der Waals surface area contributed by atoms with E-state index in [1.165, 1.54) is 0 Å². The summed E-state index contributed by atoms with van der Waals surface area (Å²) in [7, 11) is -3.47. The van der Waals surface area contributed by atoms with Crippen LogP contribution in [0.25, 0.3) is 12.2 Å². The van der Waals surface area contributed by atoms with Gasteiger partial charge in [-0.15, -0.1) is 0 Å². The summed E-state index contributed by atoms with van der Waals surface area (Å²) >= 11 is 5.36. The number of hydrogen-bond donors (Lipinski definition) is 1. The van der Waals surface area contributed by atoms with E-state index in [4.69, 9.17) is 16.6 Å². The van der Waals surface area contributed by atoms with Crippen molar-refractivity contribution in [3.05, 3.63) is 64.1 Å². The maximum absolute atomic E-state index is 12.9. The Balaban J connectivity index is 1.37. The first-order valence-corrected chi connectivity index (χ1v) is 11.9. The third-order valence-corrected chi connectivity index (χ3v) is 7.42. The van der Waals surface area contributed by atoms with E-state index in [-0.39, 0.29) is 0 Å². The number of hydrogen-bond acceptors (Lipinski definition) is 6. The number of nitrogens with zero attached hydrogens (tertiary/aromatic N) is 4. The maximum Gasteiger partial charge on any atom is 0.243 e. The van der Waals surface area contributed by atoms with Crippen molar-refractivity contribution in [1.29, 1.82) is 0 Å². The normalized spacial score (nSPS) is 16.3. The molecule has 3 heterocycles. The highest BCUT2D eigenvalue weighted by atomic mass is 32.2. The fourth-order valence-electron chi connectivity index (χ4n) is 3.42. The average molecular weight is 460 g/mol. The molecule has 0 spiro atoms. The minimum absolute atomic E-state index is 0.338. The minimum atomic E-state index is -3.47. The molecule has 1 aromatic carbocycles. The Kier molecular flexibility index (Phi) is 6.24. The summed E-state index contributed by atoms with van der Waals surface area (Å²) in [5.41, 5.74) is 1.04. The molecule has 0 amide bonds. The summed E-state index contributed by atoms with van der Waals surface area (Å²) in [5, 5.41) is 3.18. The molecule has 1 N–H and O–H groups in total. The molecule has 0 atom stereocenters. The summed E-state index contributed by atoms with van der Waals surface area (Å²) in [6, 6.07) is 10.8. The van der Waals surface area contributed by atoms with Crippen molar-refractivity contribution in [3.63, 3.8) is 0 Å². The third-order valence-electron chi connectivity index (χ3n) is 5.19. The molecule has 0 saturated carbocycles. The molecule has 4 rings (SSSR count). The first kappa shape index (κ1) is 21.7. The molecule has 0 aliphatic carbocycles. The number of aromatic nitrogens is 3. The van der Waals surface area contributed by atoms with E-state index in [9.17, 15) is 8.42 Å². The van der Waals surface area contributed by atoms with Crippen LogP contribution >= 0.6 is 12.2 Å². The Morgan fingerprint density at radius 2 is 1.77 bits per heavy atom. The Morgan fingerprint density at radius 1 is 1.06 bits per heavy atom. The second-order valence-electron chi connectivity index (χ2n) is 7.58. The van der Waals surface area contributed by atoms with Crippen molar-refractivity contribution < 1.29 is 12.8 Å². The molecule has 1 fully saturated rings. The molecule has 10 heteroatoms. The minimum Gasteiger partial charge on any atom is -0.462 e. The number of piperazine rings is 1. The van der Waals surface area contributed by atoms with Gasteiger partial charge in [-0.1, -0.05) is 17.7 Å². The van der Waals surface area contributed by atoms with Crippen molar-refractivity contribution >= 4 is 34.4 Å². The van der Waals surface area contributed by atoms with Crippen LogP contribution in [0.2, 0.25) is 0 Å². The number of aryl methyl sites for hydroxylation is 2.